The van der Waals surface area contributed by atoms with Gasteiger partial charge in [0.2, 0.25) is 0 Å². The normalized spacial score (nSPS) is 18.7. The Morgan fingerprint density at radius 2 is 1.60 bits per heavy atom. The topological polar surface area (TPSA) is 72.8 Å². The zero-order valence-electron chi connectivity index (χ0n) is 21.9. The minimum Gasteiger partial charge on any atom is -0.462 e. The molecule has 1 aliphatic carbocycles. The van der Waals surface area contributed by atoms with Crippen molar-refractivity contribution in [3.05, 3.63) is 59.7 Å². The molecule has 35 heavy (non-hydrogen) atoms. The van der Waals surface area contributed by atoms with Crippen molar-refractivity contribution in [2.75, 3.05) is 19.8 Å². The van der Waals surface area contributed by atoms with Gasteiger partial charge in [-0.2, -0.15) is 0 Å². The van der Waals surface area contributed by atoms with Gasteiger partial charge in [-0.15, -0.1) is 0 Å². The highest BCUT2D eigenvalue weighted by Crippen LogP contribution is 2.38. The van der Waals surface area contributed by atoms with E-state index in [1.54, 1.807) is 6.92 Å². The average molecular weight is 485 g/mol. The summed E-state index contributed by atoms with van der Waals surface area (Å²) in [5.74, 6) is 1.00. The zero-order valence-corrected chi connectivity index (χ0v) is 21.9. The summed E-state index contributed by atoms with van der Waals surface area (Å²) in [4.78, 5) is 23.8. The van der Waals surface area contributed by atoms with Crippen LogP contribution in [0.25, 0.3) is 0 Å². The molecule has 2 rings (SSSR count). The van der Waals surface area contributed by atoms with Gasteiger partial charge in [0.15, 0.2) is 0 Å². The van der Waals surface area contributed by atoms with Crippen LogP contribution in [0.1, 0.15) is 82.8 Å². The average Bonchev–Trinajstić information content (AvgIpc) is 2.85. The lowest BCUT2D eigenvalue weighted by Crippen LogP contribution is -2.24. The van der Waals surface area contributed by atoms with Gasteiger partial charge in [-0.25, -0.2) is 9.59 Å². The van der Waals surface area contributed by atoms with Crippen LogP contribution in [0, 0.1) is 17.8 Å². The molecule has 0 radical (unpaired) electrons. The first kappa shape index (κ1) is 28.8. The fourth-order valence-corrected chi connectivity index (χ4v) is 4.70. The summed E-state index contributed by atoms with van der Waals surface area (Å²) in [6.07, 6.45) is 9.84. The Kier molecular flexibility index (Phi) is 12.3. The second kappa shape index (κ2) is 14.9. The predicted molar refractivity (Wildman–Crippen MR) is 140 cm³/mol. The lowest BCUT2D eigenvalue weighted by molar-refractivity contribution is -0.144. The molecule has 5 nitrogen and oxygen atoms in total. The van der Waals surface area contributed by atoms with Crippen molar-refractivity contribution in [3.63, 3.8) is 0 Å². The molecule has 0 saturated heterocycles. The molecule has 1 aliphatic rings. The van der Waals surface area contributed by atoms with Crippen LogP contribution in [-0.4, -0.2) is 36.9 Å². The molecule has 1 unspecified atom stereocenters. The second-order valence-electron chi connectivity index (χ2n) is 10.6. The Bertz CT molecular complexity index is 831. The molecule has 0 heterocycles. The number of rotatable bonds is 14. The highest BCUT2D eigenvalue weighted by molar-refractivity contribution is 5.88. The number of hydrogen-bond acceptors (Lipinski definition) is 5. The summed E-state index contributed by atoms with van der Waals surface area (Å²) in [5.41, 5.74) is 2.82. The number of ether oxygens (including phenoxy) is 2. The Balaban J connectivity index is 1.90. The summed E-state index contributed by atoms with van der Waals surface area (Å²) < 4.78 is 10.6. The van der Waals surface area contributed by atoms with E-state index in [0.717, 1.165) is 17.4 Å². The monoisotopic (exact) mass is 484 g/mol. The van der Waals surface area contributed by atoms with Crippen LogP contribution in [0.3, 0.4) is 0 Å². The lowest BCUT2D eigenvalue weighted by atomic mass is 9.76. The molecule has 1 atom stereocenters. The van der Waals surface area contributed by atoms with E-state index in [1.807, 2.05) is 0 Å². The van der Waals surface area contributed by atoms with Gasteiger partial charge in [0, 0.05) is 11.5 Å². The molecular weight excluding hydrogens is 440 g/mol. The third kappa shape index (κ3) is 10.4. The van der Waals surface area contributed by atoms with Gasteiger partial charge in [-0.3, -0.25) is 0 Å². The molecule has 0 aromatic heterocycles. The van der Waals surface area contributed by atoms with Gasteiger partial charge >= 0.3 is 11.9 Å². The largest absolute Gasteiger partial charge is 0.462 e. The number of esters is 2. The van der Waals surface area contributed by atoms with Crippen LogP contribution in [0.15, 0.2) is 48.6 Å². The lowest BCUT2D eigenvalue weighted by Gasteiger charge is -2.29. The second-order valence-corrected chi connectivity index (χ2v) is 10.6. The highest BCUT2D eigenvalue weighted by Gasteiger charge is 2.23. The van der Waals surface area contributed by atoms with Crippen LogP contribution in [-0.2, 0) is 25.5 Å². The Morgan fingerprint density at radius 3 is 2.14 bits per heavy atom. The van der Waals surface area contributed by atoms with Crippen LogP contribution in [0.2, 0.25) is 0 Å². The number of benzene rings is 1. The van der Waals surface area contributed by atoms with E-state index < -0.39 is 18.5 Å². The highest BCUT2D eigenvalue weighted by atomic mass is 16.5. The predicted octanol–water partition coefficient (Wildman–Crippen LogP) is 6.16. The van der Waals surface area contributed by atoms with Gasteiger partial charge < -0.3 is 14.6 Å². The standard InChI is InChI=1S/C30H44O5/c1-21(2)7-6-8-24-9-13-27(14-10-24)28-15-11-25(12-16-28)17-26(19-34-29(32)22(3)4)20-35-30(33)23(5)18-31/h11-12,15-16,21,24,26-27,31H,3,5-10,13-14,17-20H2,1-2,4H3. The van der Waals surface area contributed by atoms with Crippen molar-refractivity contribution in [1.82, 2.24) is 0 Å². The van der Waals surface area contributed by atoms with Crippen molar-refractivity contribution < 1.29 is 24.2 Å². The molecule has 0 spiro atoms. The number of carbonyl (C=O) groups is 2. The molecule has 1 fully saturated rings. The summed E-state index contributed by atoms with van der Waals surface area (Å²) in [6.45, 7) is 13.0. The SMILES string of the molecule is C=C(C)C(=O)OCC(COC(=O)C(=C)CO)Cc1ccc(C2CCC(CCCC(C)C)CC2)cc1. The van der Waals surface area contributed by atoms with Gasteiger partial charge in [-0.1, -0.05) is 70.5 Å². The molecular formula is C30H44O5. The molecule has 1 aromatic carbocycles. The first-order chi connectivity index (χ1) is 16.7. The maximum absolute atomic E-state index is 11.9. The summed E-state index contributed by atoms with van der Waals surface area (Å²) >= 11 is 0. The molecule has 194 valence electrons. The van der Waals surface area contributed by atoms with E-state index in [0.29, 0.717) is 17.9 Å². The minimum atomic E-state index is -0.640. The van der Waals surface area contributed by atoms with Gasteiger partial charge in [0.1, 0.15) is 0 Å². The third-order valence-corrected chi connectivity index (χ3v) is 6.94. The van der Waals surface area contributed by atoms with Crippen molar-refractivity contribution in [3.8, 4) is 0 Å². The molecule has 1 saturated carbocycles. The molecule has 5 heteroatoms. The Hall–Kier alpha value is -2.40. The molecule has 0 aliphatic heterocycles. The van der Waals surface area contributed by atoms with Gasteiger partial charge in [-0.05, 0) is 67.9 Å². The Morgan fingerprint density at radius 1 is 1.00 bits per heavy atom. The molecule has 0 amide bonds. The number of hydrogen-bond donors (Lipinski definition) is 1. The van der Waals surface area contributed by atoms with Crippen LogP contribution >= 0.6 is 0 Å². The fraction of sp³-hybridized carbons (Fsp3) is 0.600. The van der Waals surface area contributed by atoms with Crippen molar-refractivity contribution in [1.29, 1.82) is 0 Å². The van der Waals surface area contributed by atoms with E-state index in [9.17, 15) is 9.59 Å². The van der Waals surface area contributed by atoms with E-state index in [4.69, 9.17) is 14.6 Å². The van der Waals surface area contributed by atoms with Crippen LogP contribution in [0.4, 0.5) is 0 Å². The van der Waals surface area contributed by atoms with Gasteiger partial charge in [0.25, 0.3) is 0 Å². The smallest absolute Gasteiger partial charge is 0.335 e. The molecule has 0 bridgehead atoms. The van der Waals surface area contributed by atoms with Crippen molar-refractivity contribution in [2.24, 2.45) is 17.8 Å². The minimum absolute atomic E-state index is 0.00155. The van der Waals surface area contributed by atoms with E-state index in [1.165, 1.54) is 50.5 Å². The summed E-state index contributed by atoms with van der Waals surface area (Å²) in [6, 6.07) is 8.70. The Labute approximate surface area is 211 Å². The van der Waals surface area contributed by atoms with E-state index in [2.05, 4.69) is 51.3 Å². The maximum atomic E-state index is 11.9. The summed E-state index contributed by atoms with van der Waals surface area (Å²) in [7, 11) is 0. The quantitative estimate of drug-likeness (QED) is 0.253. The molecule has 1 aromatic rings. The zero-order chi connectivity index (χ0) is 25.8. The van der Waals surface area contributed by atoms with E-state index >= 15 is 0 Å². The first-order valence-electron chi connectivity index (χ1n) is 13.1. The van der Waals surface area contributed by atoms with Crippen LogP contribution in [0.5, 0.6) is 0 Å². The maximum Gasteiger partial charge on any atom is 0.335 e. The molecule has 1 N–H and O–H groups in total. The van der Waals surface area contributed by atoms with Crippen molar-refractivity contribution >= 4 is 11.9 Å². The first-order valence-corrected chi connectivity index (χ1v) is 13.1. The summed E-state index contributed by atoms with van der Waals surface area (Å²) in [5, 5.41) is 9.07. The van der Waals surface area contributed by atoms with Crippen LogP contribution < -0.4 is 0 Å². The van der Waals surface area contributed by atoms with Crippen molar-refractivity contribution in [2.45, 2.75) is 78.1 Å². The number of carbonyl (C=O) groups excluding carboxylic acids is 2. The third-order valence-electron chi connectivity index (χ3n) is 6.94. The fourth-order valence-electron chi connectivity index (χ4n) is 4.70. The van der Waals surface area contributed by atoms with Gasteiger partial charge in [0.05, 0.1) is 25.4 Å². The van der Waals surface area contributed by atoms with E-state index in [-0.39, 0.29) is 24.7 Å². The number of aliphatic hydroxyl groups is 1. The number of aliphatic hydroxyl groups excluding tert-OH is 1.